The van der Waals surface area contributed by atoms with Gasteiger partial charge < -0.3 is 0 Å². The molecule has 0 bridgehead atoms. The van der Waals surface area contributed by atoms with E-state index in [1.54, 1.807) is 0 Å². The third kappa shape index (κ3) is 4.53. The van der Waals surface area contributed by atoms with Crippen molar-refractivity contribution < 1.29 is 0 Å². The Hall–Kier alpha value is -1.13. The molecule has 0 radical (unpaired) electrons. The molecule has 25 heavy (non-hydrogen) atoms. The first-order valence-corrected chi connectivity index (χ1v) is 9.84. The Morgan fingerprint density at radius 2 is 1.00 bits per heavy atom. The molecule has 1 unspecified atom stereocenters. The largest absolute Gasteiger partial charge is 0.106 e. The van der Waals surface area contributed by atoms with E-state index in [9.17, 15) is 0 Å². The van der Waals surface area contributed by atoms with Gasteiger partial charge in [-0.2, -0.15) is 0 Å². The summed E-state index contributed by atoms with van der Waals surface area (Å²) in [4.78, 5) is 0. The monoisotopic (exact) mass is 354 g/mol. The highest BCUT2D eigenvalue weighted by atomic mass is 31.0. The molecule has 0 amide bonds. The van der Waals surface area contributed by atoms with Gasteiger partial charge in [0.05, 0.1) is 0 Å². The summed E-state index contributed by atoms with van der Waals surface area (Å²) in [5.74, 6) is 0. The van der Waals surface area contributed by atoms with Crippen molar-refractivity contribution >= 4 is 14.5 Å². The molecule has 2 aromatic carbocycles. The highest BCUT2D eigenvalue weighted by molar-refractivity contribution is 7.27. The van der Waals surface area contributed by atoms with Gasteiger partial charge in [-0.3, -0.25) is 0 Å². The van der Waals surface area contributed by atoms with Gasteiger partial charge in [0.25, 0.3) is 0 Å². The molecule has 0 saturated carbocycles. The van der Waals surface area contributed by atoms with E-state index >= 15 is 0 Å². The molecule has 0 nitrogen and oxygen atoms in total. The van der Waals surface area contributed by atoms with E-state index in [1.165, 1.54) is 33.1 Å². The van der Waals surface area contributed by atoms with Gasteiger partial charge in [0.2, 0.25) is 0 Å². The van der Waals surface area contributed by atoms with Gasteiger partial charge in [0.1, 0.15) is 0 Å². The predicted octanol–water partition coefficient (Wildman–Crippen LogP) is 6.75. The summed E-state index contributed by atoms with van der Waals surface area (Å²) in [6.45, 7) is 20.9. The molecule has 1 atom stereocenters. The van der Waals surface area contributed by atoms with Gasteiger partial charge in [-0.05, 0) is 49.4 Å². The zero-order valence-electron chi connectivity index (χ0n) is 17.5. The molecule has 0 fully saturated rings. The SMILES string of the molecule is CC(C)(C)c1cc(C(C)(C)C)c(-c2ccc(P)cc2)c(C(C)(C)C)c1. The summed E-state index contributed by atoms with van der Waals surface area (Å²) in [5, 5.41) is 1.23. The zero-order chi connectivity index (χ0) is 19.2. The first-order valence-electron chi connectivity index (χ1n) is 9.26. The van der Waals surface area contributed by atoms with Crippen LogP contribution in [0.15, 0.2) is 36.4 Å². The van der Waals surface area contributed by atoms with Crippen molar-refractivity contribution in [2.45, 2.75) is 78.6 Å². The molecule has 0 aliphatic carbocycles. The van der Waals surface area contributed by atoms with E-state index in [0.29, 0.717) is 0 Å². The predicted molar refractivity (Wildman–Crippen MR) is 117 cm³/mol. The van der Waals surface area contributed by atoms with Crippen molar-refractivity contribution in [1.82, 2.24) is 0 Å². The minimum Gasteiger partial charge on any atom is -0.106 e. The van der Waals surface area contributed by atoms with E-state index in [-0.39, 0.29) is 16.2 Å². The van der Waals surface area contributed by atoms with Gasteiger partial charge in [0, 0.05) is 0 Å². The molecule has 2 rings (SSSR count). The molecule has 1 heteroatoms. The molecular weight excluding hydrogens is 319 g/mol. The summed E-state index contributed by atoms with van der Waals surface area (Å²) in [7, 11) is 2.78. The van der Waals surface area contributed by atoms with Gasteiger partial charge in [-0.25, -0.2) is 0 Å². The van der Waals surface area contributed by atoms with Gasteiger partial charge in [0.15, 0.2) is 0 Å². The smallest absolute Gasteiger partial charge is 0.0109 e. The quantitative estimate of drug-likeness (QED) is 0.497. The van der Waals surface area contributed by atoms with Crippen LogP contribution in [-0.4, -0.2) is 0 Å². The van der Waals surface area contributed by atoms with Crippen LogP contribution in [0.5, 0.6) is 0 Å². The summed E-state index contributed by atoms with van der Waals surface area (Å²) in [6.07, 6.45) is 0. The van der Waals surface area contributed by atoms with E-state index in [4.69, 9.17) is 0 Å². The minimum absolute atomic E-state index is 0.0935. The first kappa shape index (κ1) is 20.2. The fourth-order valence-electron chi connectivity index (χ4n) is 3.22. The van der Waals surface area contributed by atoms with Crippen LogP contribution in [0.1, 0.15) is 79.0 Å². The maximum absolute atomic E-state index is 2.78. The average Bonchev–Trinajstić information content (AvgIpc) is 2.44. The Morgan fingerprint density at radius 1 is 0.600 bits per heavy atom. The standard InChI is InChI=1S/C24H35P/c1-22(2,3)17-14-19(23(4,5)6)21(20(15-17)24(7,8)9)16-10-12-18(25)13-11-16/h10-15H,25H2,1-9H3. The lowest BCUT2D eigenvalue weighted by molar-refractivity contribution is 0.550. The summed E-state index contributed by atoms with van der Waals surface area (Å²) >= 11 is 0. The van der Waals surface area contributed by atoms with Crippen molar-refractivity contribution in [3.05, 3.63) is 53.1 Å². The molecule has 0 saturated heterocycles. The molecular formula is C24H35P. The second-order valence-corrected chi connectivity index (χ2v) is 11.0. The minimum atomic E-state index is 0.0935. The van der Waals surface area contributed by atoms with Crippen molar-refractivity contribution in [1.29, 1.82) is 0 Å². The Kier molecular flexibility index (Phi) is 5.29. The Balaban J connectivity index is 2.94. The average molecular weight is 355 g/mol. The lowest BCUT2D eigenvalue weighted by atomic mass is 9.71. The fraction of sp³-hybridized carbons (Fsp3) is 0.500. The number of hydrogen-bond donors (Lipinski definition) is 0. The van der Waals surface area contributed by atoms with E-state index in [2.05, 4.69) is 108 Å². The maximum atomic E-state index is 2.78. The summed E-state index contributed by atoms with van der Waals surface area (Å²) in [6, 6.07) is 13.8. The topological polar surface area (TPSA) is 0 Å². The van der Waals surface area contributed by atoms with Crippen LogP contribution in [0, 0.1) is 0 Å². The number of benzene rings is 2. The molecule has 2 aromatic rings. The number of hydrogen-bond acceptors (Lipinski definition) is 0. The van der Waals surface area contributed by atoms with E-state index < -0.39 is 0 Å². The summed E-state index contributed by atoms with van der Waals surface area (Å²) in [5.41, 5.74) is 7.38. The van der Waals surface area contributed by atoms with E-state index in [0.717, 1.165) is 0 Å². The Bertz CT molecular complexity index is 710. The molecule has 0 aliphatic rings. The highest BCUT2D eigenvalue weighted by Crippen LogP contribution is 2.43. The lowest BCUT2D eigenvalue weighted by Gasteiger charge is -2.34. The molecule has 0 spiro atoms. The van der Waals surface area contributed by atoms with Crippen molar-refractivity contribution in [2.75, 3.05) is 0 Å². The molecule has 0 heterocycles. The van der Waals surface area contributed by atoms with Crippen LogP contribution in [0.2, 0.25) is 0 Å². The van der Waals surface area contributed by atoms with Crippen LogP contribution in [0.25, 0.3) is 11.1 Å². The van der Waals surface area contributed by atoms with Gasteiger partial charge in [-0.15, -0.1) is 9.24 Å². The van der Waals surface area contributed by atoms with Crippen molar-refractivity contribution in [3.63, 3.8) is 0 Å². The first-order chi connectivity index (χ1) is 11.2. The van der Waals surface area contributed by atoms with Crippen LogP contribution < -0.4 is 5.30 Å². The fourth-order valence-corrected chi connectivity index (χ4v) is 3.41. The zero-order valence-corrected chi connectivity index (χ0v) is 18.7. The van der Waals surface area contributed by atoms with Crippen LogP contribution in [0.3, 0.4) is 0 Å². The molecule has 0 aromatic heterocycles. The lowest BCUT2D eigenvalue weighted by Crippen LogP contribution is -2.23. The third-order valence-electron chi connectivity index (χ3n) is 4.82. The van der Waals surface area contributed by atoms with E-state index in [1.807, 2.05) is 0 Å². The maximum Gasteiger partial charge on any atom is -0.0109 e. The van der Waals surface area contributed by atoms with Crippen molar-refractivity contribution in [2.24, 2.45) is 0 Å². The molecule has 0 aliphatic heterocycles. The Labute approximate surface area is 157 Å². The second kappa shape index (κ2) is 6.55. The van der Waals surface area contributed by atoms with Gasteiger partial charge >= 0.3 is 0 Å². The van der Waals surface area contributed by atoms with Crippen LogP contribution >= 0.6 is 9.24 Å². The molecule has 0 N–H and O–H groups in total. The summed E-state index contributed by atoms with van der Waals surface area (Å²) < 4.78 is 0. The van der Waals surface area contributed by atoms with Gasteiger partial charge in [-0.1, -0.05) is 98.7 Å². The third-order valence-corrected chi connectivity index (χ3v) is 5.20. The van der Waals surface area contributed by atoms with Crippen LogP contribution in [-0.2, 0) is 16.2 Å². The second-order valence-electron chi connectivity index (χ2n) is 10.3. The van der Waals surface area contributed by atoms with Crippen molar-refractivity contribution in [3.8, 4) is 11.1 Å². The Morgan fingerprint density at radius 3 is 1.32 bits per heavy atom. The van der Waals surface area contributed by atoms with Crippen LogP contribution in [0.4, 0.5) is 0 Å². The number of rotatable bonds is 1. The normalized spacial score (nSPS) is 13.2. The highest BCUT2D eigenvalue weighted by Gasteiger charge is 2.29. The molecule has 136 valence electrons.